The quantitative estimate of drug-likeness (QED) is 0.846. The van der Waals surface area contributed by atoms with Gasteiger partial charge in [0.15, 0.2) is 0 Å². The van der Waals surface area contributed by atoms with E-state index in [1.54, 1.807) is 0 Å². The van der Waals surface area contributed by atoms with Crippen LogP contribution in [0.15, 0.2) is 36.4 Å². The van der Waals surface area contributed by atoms with Crippen LogP contribution < -0.4 is 5.73 Å². The number of rotatable bonds is 3. The van der Waals surface area contributed by atoms with Gasteiger partial charge < -0.3 is 5.73 Å². The van der Waals surface area contributed by atoms with Crippen molar-refractivity contribution in [1.82, 2.24) is 0 Å². The summed E-state index contributed by atoms with van der Waals surface area (Å²) in [6.45, 7) is 9.80. The van der Waals surface area contributed by atoms with Crippen LogP contribution in [0, 0.1) is 0 Å². The molecule has 0 saturated heterocycles. The van der Waals surface area contributed by atoms with Crippen molar-refractivity contribution in [3.05, 3.63) is 58.7 Å². The van der Waals surface area contributed by atoms with Crippen molar-refractivity contribution in [2.75, 3.05) is 6.54 Å². The zero-order chi connectivity index (χ0) is 15.9. The van der Waals surface area contributed by atoms with Crippen LogP contribution in [-0.4, -0.2) is 6.54 Å². The molecule has 0 bridgehead atoms. The Morgan fingerprint density at radius 3 is 2.18 bits per heavy atom. The molecule has 1 unspecified atom stereocenters. The lowest BCUT2D eigenvalue weighted by molar-refractivity contribution is 0.588. The molecule has 1 heteroatoms. The van der Waals surface area contributed by atoms with Crippen molar-refractivity contribution in [3.8, 4) is 11.1 Å². The average Bonchev–Trinajstić information content (AvgIpc) is 2.80. The minimum absolute atomic E-state index is 0.186. The first-order valence-electron chi connectivity index (χ1n) is 8.43. The lowest BCUT2D eigenvalue weighted by Gasteiger charge is -2.21. The van der Waals surface area contributed by atoms with Crippen molar-refractivity contribution < 1.29 is 0 Å². The van der Waals surface area contributed by atoms with E-state index in [2.05, 4.69) is 64.1 Å². The van der Waals surface area contributed by atoms with Gasteiger partial charge >= 0.3 is 0 Å². The molecule has 2 N–H and O–H groups in total. The molecule has 116 valence electrons. The second kappa shape index (κ2) is 5.55. The zero-order valence-corrected chi connectivity index (χ0v) is 14.2. The average molecular weight is 293 g/mol. The first-order chi connectivity index (χ1) is 10.5. The van der Waals surface area contributed by atoms with Crippen LogP contribution in [-0.2, 0) is 11.8 Å². The second-order valence-electron chi connectivity index (χ2n) is 7.46. The molecular formula is C21H27N. The van der Waals surface area contributed by atoms with Crippen LogP contribution >= 0.6 is 0 Å². The molecule has 0 amide bonds. The molecule has 0 heterocycles. The van der Waals surface area contributed by atoms with Crippen LogP contribution in [0.3, 0.4) is 0 Å². The fourth-order valence-electron chi connectivity index (χ4n) is 3.57. The molecule has 2 aromatic carbocycles. The largest absolute Gasteiger partial charge is 0.330 e. The van der Waals surface area contributed by atoms with Gasteiger partial charge in [0.1, 0.15) is 0 Å². The Hall–Kier alpha value is -1.60. The zero-order valence-electron chi connectivity index (χ0n) is 14.2. The monoisotopic (exact) mass is 293 g/mol. The van der Waals surface area contributed by atoms with Gasteiger partial charge in [-0.3, -0.25) is 0 Å². The summed E-state index contributed by atoms with van der Waals surface area (Å²) in [7, 11) is 0. The molecule has 1 aliphatic rings. The van der Waals surface area contributed by atoms with Gasteiger partial charge in [0.05, 0.1) is 0 Å². The van der Waals surface area contributed by atoms with E-state index in [9.17, 15) is 0 Å². The van der Waals surface area contributed by atoms with Gasteiger partial charge in [-0.1, -0.05) is 64.1 Å². The third-order valence-electron chi connectivity index (χ3n) is 4.94. The number of hydrogen-bond donors (Lipinski definition) is 1. The molecule has 0 spiro atoms. The predicted octanol–water partition coefficient (Wildman–Crippen LogP) is 5.01. The Morgan fingerprint density at radius 1 is 0.955 bits per heavy atom. The molecule has 22 heavy (non-hydrogen) atoms. The lowest BCUT2D eigenvalue weighted by Crippen LogP contribution is -2.12. The molecule has 0 aromatic heterocycles. The molecule has 0 saturated carbocycles. The normalized spacial score (nSPS) is 16.5. The summed E-state index contributed by atoms with van der Waals surface area (Å²) >= 11 is 0. The van der Waals surface area contributed by atoms with Crippen molar-refractivity contribution in [3.63, 3.8) is 0 Å². The van der Waals surface area contributed by atoms with Crippen LogP contribution in [0.25, 0.3) is 11.1 Å². The van der Waals surface area contributed by atoms with Crippen molar-refractivity contribution >= 4 is 0 Å². The first kappa shape index (κ1) is 15.3. The molecule has 0 fully saturated rings. The SMILES string of the molecule is CCc1ccc2c(c1)C(CCN)c1cc(C(C)(C)C)ccc1-2. The lowest BCUT2D eigenvalue weighted by atomic mass is 9.83. The minimum Gasteiger partial charge on any atom is -0.330 e. The topological polar surface area (TPSA) is 26.0 Å². The number of nitrogens with two attached hydrogens (primary N) is 1. The summed E-state index contributed by atoms with van der Waals surface area (Å²) in [5, 5.41) is 0. The summed E-state index contributed by atoms with van der Waals surface area (Å²) in [6.07, 6.45) is 2.12. The maximum Gasteiger partial charge on any atom is 0.0114 e. The summed E-state index contributed by atoms with van der Waals surface area (Å²) in [6, 6.07) is 14.0. The van der Waals surface area contributed by atoms with Gasteiger partial charge in [-0.25, -0.2) is 0 Å². The standard InChI is InChI=1S/C21H27N/c1-5-14-6-8-16-17-9-7-15(21(2,3)4)13-20(17)18(10-11-22)19(16)12-14/h6-9,12-13,18H,5,10-11,22H2,1-4H3. The maximum absolute atomic E-state index is 5.92. The van der Waals surface area contributed by atoms with E-state index in [0.29, 0.717) is 5.92 Å². The summed E-state index contributed by atoms with van der Waals surface area (Å²) < 4.78 is 0. The van der Waals surface area contributed by atoms with Crippen LogP contribution in [0.1, 0.15) is 62.3 Å². The van der Waals surface area contributed by atoms with E-state index in [1.165, 1.54) is 33.4 Å². The van der Waals surface area contributed by atoms with Gasteiger partial charge in [0, 0.05) is 5.92 Å². The van der Waals surface area contributed by atoms with E-state index in [4.69, 9.17) is 5.73 Å². The van der Waals surface area contributed by atoms with E-state index < -0.39 is 0 Å². The van der Waals surface area contributed by atoms with E-state index in [1.807, 2.05) is 0 Å². The number of fused-ring (bicyclic) bond motifs is 3. The molecule has 1 nitrogen and oxygen atoms in total. The Balaban J connectivity index is 2.16. The fraction of sp³-hybridized carbons (Fsp3) is 0.429. The Kier molecular flexibility index (Phi) is 3.86. The van der Waals surface area contributed by atoms with E-state index in [-0.39, 0.29) is 5.41 Å². The second-order valence-corrected chi connectivity index (χ2v) is 7.46. The Bertz CT molecular complexity index is 692. The number of aryl methyl sites for hydroxylation is 1. The summed E-state index contributed by atoms with van der Waals surface area (Å²) in [5.74, 6) is 0.462. The molecule has 0 aliphatic heterocycles. The van der Waals surface area contributed by atoms with Gasteiger partial charge in [-0.15, -0.1) is 0 Å². The smallest absolute Gasteiger partial charge is 0.0114 e. The summed E-state index contributed by atoms with van der Waals surface area (Å²) in [4.78, 5) is 0. The minimum atomic E-state index is 0.186. The molecule has 1 atom stereocenters. The molecule has 2 aromatic rings. The highest BCUT2D eigenvalue weighted by molar-refractivity contribution is 5.79. The van der Waals surface area contributed by atoms with E-state index >= 15 is 0 Å². The highest BCUT2D eigenvalue weighted by Gasteiger charge is 2.29. The van der Waals surface area contributed by atoms with Crippen LogP contribution in [0.2, 0.25) is 0 Å². The Labute approximate surface area is 134 Å². The van der Waals surface area contributed by atoms with Gasteiger partial charge in [-0.2, -0.15) is 0 Å². The van der Waals surface area contributed by atoms with Crippen molar-refractivity contribution in [1.29, 1.82) is 0 Å². The van der Waals surface area contributed by atoms with Crippen LogP contribution in [0.4, 0.5) is 0 Å². The third-order valence-corrected chi connectivity index (χ3v) is 4.94. The number of benzene rings is 2. The molecule has 3 rings (SSSR count). The molecule has 0 radical (unpaired) electrons. The first-order valence-corrected chi connectivity index (χ1v) is 8.43. The summed E-state index contributed by atoms with van der Waals surface area (Å²) in [5.41, 5.74) is 14.7. The fourth-order valence-corrected chi connectivity index (χ4v) is 3.57. The number of hydrogen-bond acceptors (Lipinski definition) is 1. The van der Waals surface area contributed by atoms with Crippen molar-refractivity contribution in [2.24, 2.45) is 5.73 Å². The maximum atomic E-state index is 5.92. The van der Waals surface area contributed by atoms with Gasteiger partial charge in [0.2, 0.25) is 0 Å². The highest BCUT2D eigenvalue weighted by Crippen LogP contribution is 2.47. The molecule has 1 aliphatic carbocycles. The Morgan fingerprint density at radius 2 is 1.59 bits per heavy atom. The highest BCUT2D eigenvalue weighted by atomic mass is 14.5. The van der Waals surface area contributed by atoms with Crippen molar-refractivity contribution in [2.45, 2.75) is 51.9 Å². The third kappa shape index (κ3) is 2.48. The van der Waals surface area contributed by atoms with Gasteiger partial charge in [-0.05, 0) is 58.2 Å². The van der Waals surface area contributed by atoms with Gasteiger partial charge in [0.25, 0.3) is 0 Å². The predicted molar refractivity (Wildman–Crippen MR) is 95.5 cm³/mol. The van der Waals surface area contributed by atoms with Crippen LogP contribution in [0.5, 0.6) is 0 Å². The van der Waals surface area contributed by atoms with E-state index in [0.717, 1.165) is 19.4 Å². The molecular weight excluding hydrogens is 266 g/mol.